The highest BCUT2D eigenvalue weighted by Gasteiger charge is 2.35. The van der Waals surface area contributed by atoms with Gasteiger partial charge in [0.1, 0.15) is 0 Å². The van der Waals surface area contributed by atoms with E-state index in [4.69, 9.17) is 0 Å². The molecule has 0 radical (unpaired) electrons. The monoisotopic (exact) mass is 330 g/mol. The van der Waals surface area contributed by atoms with Crippen molar-refractivity contribution in [3.8, 4) is 11.4 Å². The van der Waals surface area contributed by atoms with Crippen molar-refractivity contribution in [2.45, 2.75) is 33.1 Å². The second-order valence-electron chi connectivity index (χ2n) is 7.65. The van der Waals surface area contributed by atoms with Gasteiger partial charge in [0.25, 0.3) is 0 Å². The summed E-state index contributed by atoms with van der Waals surface area (Å²) in [7, 11) is 0. The van der Waals surface area contributed by atoms with Gasteiger partial charge in [0, 0.05) is 30.3 Å². The topological polar surface area (TPSA) is 45.8 Å². The number of fused-ring (bicyclic) bond motifs is 1. The number of ketones is 1. The predicted molar refractivity (Wildman–Crippen MR) is 99.7 cm³/mol. The average Bonchev–Trinajstić information content (AvgIpc) is 2.93. The van der Waals surface area contributed by atoms with Crippen LogP contribution in [0.4, 0.5) is 0 Å². The number of carbonyl (C=O) groups excluding carboxylic acids is 1. The summed E-state index contributed by atoms with van der Waals surface area (Å²) in [6.45, 7) is 4.32. The smallest absolute Gasteiger partial charge is 0.165 e. The molecule has 126 valence electrons. The number of pyridine rings is 1. The third kappa shape index (κ3) is 3.02. The number of rotatable bonds is 3. The molecule has 0 saturated carbocycles. The van der Waals surface area contributed by atoms with Crippen molar-refractivity contribution < 1.29 is 4.79 Å². The molecule has 0 aliphatic heterocycles. The number of aromatic nitrogens is 2. The highest BCUT2D eigenvalue weighted by molar-refractivity contribution is 6.02. The van der Waals surface area contributed by atoms with Crippen LogP contribution in [0.5, 0.6) is 0 Å². The fourth-order valence-electron chi connectivity index (χ4n) is 3.84. The van der Waals surface area contributed by atoms with Crippen LogP contribution in [-0.2, 0) is 12.8 Å². The van der Waals surface area contributed by atoms with Gasteiger partial charge < -0.3 is 4.98 Å². The highest BCUT2D eigenvalue weighted by Crippen LogP contribution is 2.39. The van der Waals surface area contributed by atoms with Gasteiger partial charge in [-0.25, -0.2) is 0 Å². The molecular formula is C22H22N2O. The maximum atomic E-state index is 12.9. The zero-order valence-electron chi connectivity index (χ0n) is 14.7. The minimum absolute atomic E-state index is 0.000337. The molecule has 0 fully saturated rings. The Morgan fingerprint density at radius 3 is 2.52 bits per heavy atom. The molecule has 0 atom stereocenters. The molecule has 3 nitrogen and oxygen atoms in total. The summed E-state index contributed by atoms with van der Waals surface area (Å²) in [6.07, 6.45) is 4.03. The Balaban J connectivity index is 1.88. The van der Waals surface area contributed by atoms with Crippen molar-refractivity contribution in [1.29, 1.82) is 0 Å². The lowest BCUT2D eigenvalue weighted by atomic mass is 9.75. The van der Waals surface area contributed by atoms with Gasteiger partial charge in [-0.3, -0.25) is 9.78 Å². The Hall–Kier alpha value is -2.68. The van der Waals surface area contributed by atoms with E-state index < -0.39 is 0 Å². The first-order valence-corrected chi connectivity index (χ1v) is 8.76. The molecule has 0 bridgehead atoms. The number of carbonyl (C=O) groups is 1. The van der Waals surface area contributed by atoms with Crippen LogP contribution in [-0.4, -0.2) is 15.8 Å². The van der Waals surface area contributed by atoms with E-state index in [-0.39, 0.29) is 11.2 Å². The molecule has 1 aromatic carbocycles. The van der Waals surface area contributed by atoms with Crippen molar-refractivity contribution in [2.24, 2.45) is 5.41 Å². The molecule has 4 rings (SSSR count). The van der Waals surface area contributed by atoms with Crippen molar-refractivity contribution in [3.05, 3.63) is 77.1 Å². The van der Waals surface area contributed by atoms with Crippen molar-refractivity contribution in [1.82, 2.24) is 9.97 Å². The second-order valence-corrected chi connectivity index (χ2v) is 7.65. The predicted octanol–water partition coefficient (Wildman–Crippen LogP) is 4.82. The van der Waals surface area contributed by atoms with Gasteiger partial charge in [0.2, 0.25) is 0 Å². The van der Waals surface area contributed by atoms with Gasteiger partial charge in [-0.15, -0.1) is 0 Å². The molecule has 1 aliphatic carbocycles. The summed E-state index contributed by atoms with van der Waals surface area (Å²) in [6, 6.07) is 16.2. The second kappa shape index (κ2) is 5.99. The molecular weight excluding hydrogens is 308 g/mol. The van der Waals surface area contributed by atoms with E-state index in [1.807, 2.05) is 36.4 Å². The first-order chi connectivity index (χ1) is 12.0. The molecule has 1 aliphatic rings. The van der Waals surface area contributed by atoms with E-state index in [0.717, 1.165) is 41.1 Å². The Morgan fingerprint density at radius 1 is 1.04 bits per heavy atom. The Morgan fingerprint density at radius 2 is 1.80 bits per heavy atom. The lowest BCUT2D eigenvalue weighted by molar-refractivity contribution is 0.0911. The molecule has 2 heterocycles. The zero-order valence-corrected chi connectivity index (χ0v) is 14.7. The molecule has 2 aromatic heterocycles. The third-order valence-corrected chi connectivity index (χ3v) is 4.90. The number of Topliss-reactive ketones (excluding diaryl/α,β-unsaturated/α-hetero) is 1. The minimum Gasteiger partial charge on any atom is -0.356 e. The van der Waals surface area contributed by atoms with Crippen LogP contribution in [0.15, 0.2) is 54.7 Å². The molecule has 0 unspecified atom stereocenters. The van der Waals surface area contributed by atoms with E-state index in [2.05, 4.69) is 35.9 Å². The number of hydrogen-bond acceptors (Lipinski definition) is 2. The number of hydrogen-bond donors (Lipinski definition) is 1. The van der Waals surface area contributed by atoms with Gasteiger partial charge in [-0.1, -0.05) is 50.2 Å². The summed E-state index contributed by atoms with van der Waals surface area (Å²) < 4.78 is 0. The fraction of sp³-hybridized carbons (Fsp3) is 0.273. The van der Waals surface area contributed by atoms with Crippen LogP contribution < -0.4 is 0 Å². The van der Waals surface area contributed by atoms with Gasteiger partial charge in [-0.05, 0) is 35.1 Å². The van der Waals surface area contributed by atoms with Crippen LogP contribution in [0.3, 0.4) is 0 Å². The molecule has 3 aromatic rings. The first-order valence-electron chi connectivity index (χ1n) is 8.76. The quantitative estimate of drug-likeness (QED) is 0.748. The van der Waals surface area contributed by atoms with Gasteiger partial charge >= 0.3 is 0 Å². The maximum absolute atomic E-state index is 12.9. The van der Waals surface area contributed by atoms with E-state index in [0.29, 0.717) is 6.42 Å². The van der Waals surface area contributed by atoms with Crippen LogP contribution in [0.2, 0.25) is 0 Å². The molecule has 3 heteroatoms. The lowest BCUT2D eigenvalue weighted by Crippen LogP contribution is -2.27. The summed E-state index contributed by atoms with van der Waals surface area (Å²) in [5.74, 6) is 0.246. The van der Waals surface area contributed by atoms with E-state index in [1.165, 1.54) is 5.56 Å². The lowest BCUT2D eigenvalue weighted by Gasteiger charge is -2.28. The van der Waals surface area contributed by atoms with Gasteiger partial charge in [-0.2, -0.15) is 0 Å². The number of H-pyrrole nitrogens is 1. The third-order valence-electron chi connectivity index (χ3n) is 4.90. The largest absolute Gasteiger partial charge is 0.356 e. The van der Waals surface area contributed by atoms with Crippen LogP contribution in [0.1, 0.15) is 47.4 Å². The van der Waals surface area contributed by atoms with Crippen molar-refractivity contribution in [3.63, 3.8) is 0 Å². The molecule has 1 N–H and O–H groups in total. The normalized spacial score (nSPS) is 15.8. The Kier molecular flexibility index (Phi) is 3.79. The maximum Gasteiger partial charge on any atom is 0.165 e. The van der Waals surface area contributed by atoms with Gasteiger partial charge in [0.15, 0.2) is 5.78 Å². The Labute approximate surface area is 148 Å². The minimum atomic E-state index is 0.000337. The molecule has 0 saturated heterocycles. The zero-order chi connectivity index (χ0) is 17.4. The molecule has 0 spiro atoms. The van der Waals surface area contributed by atoms with Crippen LogP contribution in [0, 0.1) is 5.41 Å². The standard InChI is InChI=1S/C22H22N2O/c1-22(2)13-18-20(19(25)14-22)16(12-15-8-4-3-5-9-15)21(24-18)17-10-6-7-11-23-17/h3-11,24H,12-14H2,1-2H3. The number of nitrogens with one attached hydrogen (secondary N) is 1. The summed E-state index contributed by atoms with van der Waals surface area (Å²) in [4.78, 5) is 21.0. The molecule has 0 amide bonds. The summed E-state index contributed by atoms with van der Waals surface area (Å²) in [5.41, 5.74) is 6.13. The fourth-order valence-corrected chi connectivity index (χ4v) is 3.84. The summed E-state index contributed by atoms with van der Waals surface area (Å²) >= 11 is 0. The molecule has 25 heavy (non-hydrogen) atoms. The van der Waals surface area contributed by atoms with E-state index >= 15 is 0 Å². The van der Waals surface area contributed by atoms with Crippen LogP contribution in [0.25, 0.3) is 11.4 Å². The van der Waals surface area contributed by atoms with Gasteiger partial charge in [0.05, 0.1) is 11.4 Å². The van der Waals surface area contributed by atoms with Crippen molar-refractivity contribution in [2.75, 3.05) is 0 Å². The van der Waals surface area contributed by atoms with E-state index in [9.17, 15) is 4.79 Å². The summed E-state index contributed by atoms with van der Waals surface area (Å²) in [5, 5.41) is 0. The number of nitrogens with zero attached hydrogens (tertiary/aromatic N) is 1. The number of benzene rings is 1. The highest BCUT2D eigenvalue weighted by atomic mass is 16.1. The van der Waals surface area contributed by atoms with E-state index in [1.54, 1.807) is 6.20 Å². The average molecular weight is 330 g/mol. The SMILES string of the molecule is CC1(C)CC(=O)c2c([nH]c(-c3ccccn3)c2Cc2ccccc2)C1. The Bertz CT molecular complexity index is 908. The van der Waals surface area contributed by atoms with Crippen molar-refractivity contribution >= 4 is 5.78 Å². The first kappa shape index (κ1) is 15.8. The number of aromatic amines is 1. The van der Waals surface area contributed by atoms with Crippen LogP contribution >= 0.6 is 0 Å².